The Morgan fingerprint density at radius 1 is 1.50 bits per heavy atom. The summed E-state index contributed by atoms with van der Waals surface area (Å²) in [5, 5.41) is 10.7. The van der Waals surface area contributed by atoms with Crippen molar-refractivity contribution < 1.29 is 17.9 Å². The summed E-state index contributed by atoms with van der Waals surface area (Å²) >= 11 is 5.71. The third kappa shape index (κ3) is 2.49. The van der Waals surface area contributed by atoms with E-state index in [-0.39, 0.29) is 5.02 Å². The predicted octanol–water partition coefficient (Wildman–Crippen LogP) is 2.06. The molecule has 0 aliphatic carbocycles. The van der Waals surface area contributed by atoms with Gasteiger partial charge in [0, 0.05) is 11.1 Å². The van der Waals surface area contributed by atoms with Gasteiger partial charge in [-0.3, -0.25) is 14.7 Å². The van der Waals surface area contributed by atoms with Crippen LogP contribution in [0.2, 0.25) is 5.02 Å². The summed E-state index contributed by atoms with van der Waals surface area (Å²) < 4.78 is 30.6. The first-order chi connectivity index (χ1) is 7.27. The SMILES string of the molecule is CCc1cc([N+](=O)[O-])c(S(=O)(=O)O)cc1Cl. The van der Waals surface area contributed by atoms with Crippen molar-refractivity contribution in [2.45, 2.75) is 18.2 Å². The van der Waals surface area contributed by atoms with E-state index in [1.165, 1.54) is 0 Å². The van der Waals surface area contributed by atoms with Crippen molar-refractivity contribution in [2.24, 2.45) is 0 Å². The smallest absolute Gasteiger partial charge is 0.282 e. The van der Waals surface area contributed by atoms with E-state index in [1.54, 1.807) is 6.92 Å². The summed E-state index contributed by atoms with van der Waals surface area (Å²) in [6, 6.07) is 1.93. The van der Waals surface area contributed by atoms with E-state index in [4.69, 9.17) is 16.2 Å². The van der Waals surface area contributed by atoms with Crippen molar-refractivity contribution in [1.29, 1.82) is 0 Å². The van der Waals surface area contributed by atoms with Gasteiger partial charge in [0.1, 0.15) is 0 Å². The minimum Gasteiger partial charge on any atom is -0.282 e. The molecule has 0 fully saturated rings. The number of hydrogen-bond acceptors (Lipinski definition) is 4. The van der Waals surface area contributed by atoms with Crippen molar-refractivity contribution in [2.75, 3.05) is 0 Å². The predicted molar refractivity (Wildman–Crippen MR) is 57.3 cm³/mol. The fourth-order valence-electron chi connectivity index (χ4n) is 1.21. The zero-order valence-corrected chi connectivity index (χ0v) is 9.75. The molecule has 6 nitrogen and oxygen atoms in total. The van der Waals surface area contributed by atoms with E-state index in [0.29, 0.717) is 12.0 Å². The molecule has 0 unspecified atom stereocenters. The first-order valence-corrected chi connectivity index (χ1v) is 6.03. The van der Waals surface area contributed by atoms with Crippen LogP contribution in [-0.4, -0.2) is 17.9 Å². The highest BCUT2D eigenvalue weighted by Crippen LogP contribution is 2.30. The summed E-state index contributed by atoms with van der Waals surface area (Å²) in [4.78, 5) is 8.97. The number of nitrogens with zero attached hydrogens (tertiary/aromatic N) is 1. The first kappa shape index (κ1) is 12.9. The molecule has 0 aliphatic rings. The fourth-order valence-corrected chi connectivity index (χ4v) is 2.23. The van der Waals surface area contributed by atoms with Crippen LogP contribution in [-0.2, 0) is 16.5 Å². The minimum absolute atomic E-state index is 0.0701. The second-order valence-electron chi connectivity index (χ2n) is 3.00. The number of nitro groups is 1. The third-order valence-electron chi connectivity index (χ3n) is 1.98. The maximum Gasteiger partial charge on any atom is 0.301 e. The molecule has 1 aromatic rings. The molecule has 0 saturated carbocycles. The van der Waals surface area contributed by atoms with Crippen molar-refractivity contribution in [1.82, 2.24) is 0 Å². The number of aryl methyl sites for hydroxylation is 1. The maximum atomic E-state index is 10.9. The van der Waals surface area contributed by atoms with Gasteiger partial charge >= 0.3 is 10.1 Å². The number of benzene rings is 1. The molecule has 1 rings (SSSR count). The van der Waals surface area contributed by atoms with E-state index in [9.17, 15) is 18.5 Å². The molecule has 0 bridgehead atoms. The lowest BCUT2D eigenvalue weighted by Gasteiger charge is -2.04. The first-order valence-electron chi connectivity index (χ1n) is 4.21. The standard InChI is InChI=1S/C8H8ClNO5S/c1-2-5-3-7(10(11)12)8(4-6(5)9)16(13,14)15/h3-4H,2H2,1H3,(H,13,14,15). The van der Waals surface area contributed by atoms with Gasteiger partial charge in [-0.15, -0.1) is 0 Å². The lowest BCUT2D eigenvalue weighted by atomic mass is 10.1. The van der Waals surface area contributed by atoms with Gasteiger partial charge in [0.2, 0.25) is 0 Å². The molecule has 1 aromatic carbocycles. The Kier molecular flexibility index (Phi) is 3.51. The quantitative estimate of drug-likeness (QED) is 0.512. The summed E-state index contributed by atoms with van der Waals surface area (Å²) in [5.41, 5.74) is -0.232. The van der Waals surface area contributed by atoms with Gasteiger partial charge in [-0.05, 0) is 18.1 Å². The molecule has 0 radical (unpaired) electrons. The molecular weight excluding hydrogens is 258 g/mol. The van der Waals surface area contributed by atoms with Crippen LogP contribution in [0.15, 0.2) is 17.0 Å². The van der Waals surface area contributed by atoms with Crippen LogP contribution in [0.5, 0.6) is 0 Å². The highest BCUT2D eigenvalue weighted by Gasteiger charge is 2.25. The van der Waals surface area contributed by atoms with Crippen LogP contribution in [0.4, 0.5) is 5.69 Å². The van der Waals surface area contributed by atoms with E-state index in [0.717, 1.165) is 12.1 Å². The van der Waals surface area contributed by atoms with Gasteiger partial charge in [0.25, 0.3) is 5.69 Å². The van der Waals surface area contributed by atoms with Gasteiger partial charge in [0.15, 0.2) is 4.90 Å². The summed E-state index contributed by atoms with van der Waals surface area (Å²) in [7, 11) is -4.65. The Labute approximate surface area is 96.7 Å². The number of rotatable bonds is 3. The Morgan fingerprint density at radius 2 is 2.06 bits per heavy atom. The molecule has 0 aliphatic heterocycles. The van der Waals surface area contributed by atoms with Gasteiger partial charge < -0.3 is 0 Å². The Hall–Kier alpha value is -1.18. The van der Waals surface area contributed by atoms with Crippen LogP contribution < -0.4 is 0 Å². The zero-order chi connectivity index (χ0) is 12.5. The largest absolute Gasteiger partial charge is 0.301 e. The second kappa shape index (κ2) is 4.36. The van der Waals surface area contributed by atoms with Crippen molar-refractivity contribution >= 4 is 27.4 Å². The number of hydrogen-bond donors (Lipinski definition) is 1. The van der Waals surface area contributed by atoms with E-state index in [1.807, 2.05) is 0 Å². The highest BCUT2D eigenvalue weighted by atomic mass is 35.5. The van der Waals surface area contributed by atoms with E-state index < -0.39 is 25.6 Å². The molecule has 0 saturated heterocycles. The molecular formula is C8H8ClNO5S. The molecule has 1 N–H and O–H groups in total. The summed E-state index contributed by atoms with van der Waals surface area (Å²) in [6.07, 6.45) is 0.422. The van der Waals surface area contributed by atoms with E-state index >= 15 is 0 Å². The van der Waals surface area contributed by atoms with Crippen LogP contribution >= 0.6 is 11.6 Å². The Balaban J connectivity index is 3.62. The molecule has 0 atom stereocenters. The highest BCUT2D eigenvalue weighted by molar-refractivity contribution is 7.86. The lowest BCUT2D eigenvalue weighted by molar-refractivity contribution is -0.387. The zero-order valence-electron chi connectivity index (χ0n) is 8.18. The number of nitro benzene ring substituents is 1. The van der Waals surface area contributed by atoms with Crippen LogP contribution in [0, 0.1) is 10.1 Å². The topological polar surface area (TPSA) is 97.5 Å². The van der Waals surface area contributed by atoms with Crippen LogP contribution in [0.3, 0.4) is 0 Å². The molecule has 0 heterocycles. The van der Waals surface area contributed by atoms with Gasteiger partial charge in [-0.25, -0.2) is 0 Å². The maximum absolute atomic E-state index is 10.9. The van der Waals surface area contributed by atoms with Gasteiger partial charge in [-0.1, -0.05) is 18.5 Å². The summed E-state index contributed by atoms with van der Waals surface area (Å²) in [6.45, 7) is 1.72. The molecule has 88 valence electrons. The second-order valence-corrected chi connectivity index (χ2v) is 4.79. The van der Waals surface area contributed by atoms with E-state index in [2.05, 4.69) is 0 Å². The molecule has 0 spiro atoms. The third-order valence-corrected chi connectivity index (χ3v) is 3.22. The molecule has 0 amide bonds. The van der Waals surface area contributed by atoms with Crippen LogP contribution in [0.25, 0.3) is 0 Å². The van der Waals surface area contributed by atoms with Crippen molar-refractivity contribution in [3.63, 3.8) is 0 Å². The van der Waals surface area contributed by atoms with Gasteiger partial charge in [-0.2, -0.15) is 8.42 Å². The minimum atomic E-state index is -4.65. The average Bonchev–Trinajstić information content (AvgIpc) is 2.15. The Morgan fingerprint density at radius 3 is 2.44 bits per heavy atom. The normalized spacial score (nSPS) is 11.4. The molecule has 16 heavy (non-hydrogen) atoms. The Bertz CT molecular complexity index is 540. The fraction of sp³-hybridized carbons (Fsp3) is 0.250. The average molecular weight is 266 g/mol. The van der Waals surface area contributed by atoms with Crippen LogP contribution in [0.1, 0.15) is 12.5 Å². The van der Waals surface area contributed by atoms with Crippen molar-refractivity contribution in [3.05, 3.63) is 32.8 Å². The summed E-state index contributed by atoms with van der Waals surface area (Å²) in [5.74, 6) is 0. The van der Waals surface area contributed by atoms with Gasteiger partial charge in [0.05, 0.1) is 4.92 Å². The monoisotopic (exact) mass is 265 g/mol. The molecule has 8 heteroatoms. The van der Waals surface area contributed by atoms with Crippen molar-refractivity contribution in [3.8, 4) is 0 Å². The lowest BCUT2D eigenvalue weighted by Crippen LogP contribution is -2.04. The number of halogens is 1. The molecule has 0 aromatic heterocycles.